The Morgan fingerprint density at radius 2 is 1.77 bits per heavy atom. The zero-order valence-electron chi connectivity index (χ0n) is 14.3. The molecule has 0 aliphatic heterocycles. The van der Waals surface area contributed by atoms with Crippen LogP contribution < -0.4 is 10.6 Å². The fraction of sp³-hybridized carbons (Fsp3) is 0.882. The van der Waals surface area contributed by atoms with Crippen molar-refractivity contribution < 1.29 is 9.59 Å². The van der Waals surface area contributed by atoms with E-state index in [-0.39, 0.29) is 11.8 Å². The maximum absolute atomic E-state index is 12.5. The Kier molecular flexibility index (Phi) is 8.29. The molecule has 0 saturated heterocycles. The maximum Gasteiger partial charge on any atom is 0.242 e. The van der Waals surface area contributed by atoms with Gasteiger partial charge in [0.25, 0.3) is 0 Å². The summed E-state index contributed by atoms with van der Waals surface area (Å²) in [6.45, 7) is 5.61. The van der Waals surface area contributed by atoms with E-state index in [9.17, 15) is 9.59 Å². The lowest BCUT2D eigenvalue weighted by Crippen LogP contribution is -2.51. The van der Waals surface area contributed by atoms with E-state index in [0.29, 0.717) is 12.5 Å². The lowest BCUT2D eigenvalue weighted by molar-refractivity contribution is -0.133. The quantitative estimate of drug-likeness (QED) is 0.474. The van der Waals surface area contributed by atoms with Gasteiger partial charge in [-0.3, -0.25) is 9.59 Å². The Bertz CT molecular complexity index is 360. The van der Waals surface area contributed by atoms with Gasteiger partial charge in [0, 0.05) is 11.5 Å². The van der Waals surface area contributed by atoms with Gasteiger partial charge in [-0.15, -0.1) is 0 Å². The van der Waals surface area contributed by atoms with Crippen LogP contribution in [0.2, 0.25) is 0 Å². The van der Waals surface area contributed by atoms with Gasteiger partial charge < -0.3 is 10.6 Å². The molecule has 0 bridgehead atoms. The van der Waals surface area contributed by atoms with E-state index in [0.717, 1.165) is 37.9 Å². The number of nitrogens with one attached hydrogen (secondary N) is 2. The summed E-state index contributed by atoms with van der Waals surface area (Å²) in [6.07, 6.45) is 8.23. The zero-order chi connectivity index (χ0) is 16.6. The van der Waals surface area contributed by atoms with Crippen molar-refractivity contribution >= 4 is 24.4 Å². The van der Waals surface area contributed by atoms with Crippen molar-refractivity contribution in [3.05, 3.63) is 0 Å². The van der Waals surface area contributed by atoms with Crippen LogP contribution in [0.5, 0.6) is 0 Å². The maximum atomic E-state index is 12.5. The van der Waals surface area contributed by atoms with Gasteiger partial charge in [-0.25, -0.2) is 0 Å². The number of unbranched alkanes of at least 4 members (excludes halogenated alkanes) is 2. The van der Waals surface area contributed by atoms with Crippen molar-refractivity contribution in [3.63, 3.8) is 0 Å². The van der Waals surface area contributed by atoms with Crippen LogP contribution in [0.4, 0.5) is 0 Å². The third kappa shape index (κ3) is 7.03. The molecule has 5 heteroatoms. The number of rotatable bonds is 8. The zero-order valence-corrected chi connectivity index (χ0v) is 15.2. The molecule has 1 aliphatic rings. The molecule has 1 atom stereocenters. The number of carbonyl (C=O) groups excluding carboxylic acids is 2. The summed E-state index contributed by atoms with van der Waals surface area (Å²) in [5.74, 6) is 0.788. The van der Waals surface area contributed by atoms with Crippen LogP contribution in [0, 0.1) is 5.41 Å². The molecule has 128 valence electrons. The minimum absolute atomic E-state index is 0.0182. The van der Waals surface area contributed by atoms with E-state index in [1.807, 2.05) is 20.8 Å². The summed E-state index contributed by atoms with van der Waals surface area (Å²) in [5, 5.41) is 6.05. The van der Waals surface area contributed by atoms with Crippen LogP contribution in [0.3, 0.4) is 0 Å². The highest BCUT2D eigenvalue weighted by Gasteiger charge is 2.28. The minimum atomic E-state index is -0.475. The molecule has 4 nitrogen and oxygen atoms in total. The van der Waals surface area contributed by atoms with Gasteiger partial charge in [0.15, 0.2) is 0 Å². The molecule has 2 amide bonds. The Labute approximate surface area is 140 Å². The SMILES string of the molecule is CC(C)(C)C(=O)N[C@@H](CCCCCS)C(=O)NC1CCCC1. The molecule has 0 aromatic rings. The third-order valence-electron chi connectivity index (χ3n) is 4.16. The summed E-state index contributed by atoms with van der Waals surface area (Å²) in [6, 6.07) is -0.119. The van der Waals surface area contributed by atoms with Crippen LogP contribution >= 0.6 is 12.6 Å². The Morgan fingerprint density at radius 1 is 1.14 bits per heavy atom. The van der Waals surface area contributed by atoms with E-state index in [1.54, 1.807) is 0 Å². The van der Waals surface area contributed by atoms with Crippen molar-refractivity contribution in [2.75, 3.05) is 5.75 Å². The van der Waals surface area contributed by atoms with Crippen molar-refractivity contribution in [2.45, 2.75) is 84.2 Å². The first-order valence-corrected chi connectivity index (χ1v) is 9.20. The molecule has 0 aromatic carbocycles. The Hall–Kier alpha value is -0.710. The average molecular weight is 329 g/mol. The van der Waals surface area contributed by atoms with Crippen LogP contribution in [0.15, 0.2) is 0 Å². The van der Waals surface area contributed by atoms with Gasteiger partial charge >= 0.3 is 0 Å². The number of thiol groups is 1. The van der Waals surface area contributed by atoms with Crippen LogP contribution in [-0.2, 0) is 9.59 Å². The van der Waals surface area contributed by atoms with Gasteiger partial charge in [0.1, 0.15) is 6.04 Å². The van der Waals surface area contributed by atoms with Gasteiger partial charge in [-0.05, 0) is 31.4 Å². The van der Waals surface area contributed by atoms with Gasteiger partial charge in [-0.2, -0.15) is 12.6 Å². The van der Waals surface area contributed by atoms with Crippen LogP contribution in [-0.4, -0.2) is 29.7 Å². The molecular weight excluding hydrogens is 296 g/mol. The molecule has 1 aliphatic carbocycles. The predicted octanol–water partition coefficient (Wildman–Crippen LogP) is 3.07. The van der Waals surface area contributed by atoms with Crippen molar-refractivity contribution in [3.8, 4) is 0 Å². The fourth-order valence-corrected chi connectivity index (χ4v) is 2.88. The van der Waals surface area contributed by atoms with Gasteiger partial charge in [-0.1, -0.05) is 46.5 Å². The molecule has 0 heterocycles. The van der Waals surface area contributed by atoms with E-state index >= 15 is 0 Å². The number of carbonyl (C=O) groups is 2. The van der Waals surface area contributed by atoms with Crippen molar-refractivity contribution in [1.29, 1.82) is 0 Å². The molecular formula is C17H32N2O2S. The van der Waals surface area contributed by atoms with Crippen molar-refractivity contribution in [2.24, 2.45) is 5.41 Å². The topological polar surface area (TPSA) is 58.2 Å². The second kappa shape index (κ2) is 9.43. The highest BCUT2D eigenvalue weighted by atomic mass is 32.1. The normalized spacial score (nSPS) is 17.3. The second-order valence-corrected chi connectivity index (χ2v) is 7.79. The number of amides is 2. The summed E-state index contributed by atoms with van der Waals surface area (Å²) in [5.41, 5.74) is -0.475. The first-order valence-electron chi connectivity index (χ1n) is 8.57. The average Bonchev–Trinajstić information content (AvgIpc) is 2.93. The molecule has 1 saturated carbocycles. The molecule has 0 spiro atoms. The summed E-state index contributed by atoms with van der Waals surface area (Å²) >= 11 is 4.21. The standard InChI is InChI=1S/C17H32N2O2S/c1-17(2,3)16(21)19-14(11-5-4-8-12-22)15(20)18-13-9-6-7-10-13/h13-14,22H,4-12H2,1-3H3,(H,18,20)(H,19,21)/t14-/m0/s1. The predicted molar refractivity (Wildman–Crippen MR) is 94.1 cm³/mol. The van der Waals surface area contributed by atoms with E-state index in [1.165, 1.54) is 12.8 Å². The number of hydrogen-bond acceptors (Lipinski definition) is 3. The lowest BCUT2D eigenvalue weighted by atomic mass is 9.94. The largest absolute Gasteiger partial charge is 0.352 e. The fourth-order valence-electron chi connectivity index (χ4n) is 2.65. The molecule has 0 aromatic heterocycles. The minimum Gasteiger partial charge on any atom is -0.352 e. The first-order chi connectivity index (χ1) is 10.3. The molecule has 2 N–H and O–H groups in total. The summed E-state index contributed by atoms with van der Waals surface area (Å²) < 4.78 is 0. The van der Waals surface area contributed by atoms with Crippen LogP contribution in [0.25, 0.3) is 0 Å². The second-order valence-electron chi connectivity index (χ2n) is 7.34. The lowest BCUT2D eigenvalue weighted by Gasteiger charge is -2.25. The van der Waals surface area contributed by atoms with E-state index in [4.69, 9.17) is 0 Å². The van der Waals surface area contributed by atoms with E-state index in [2.05, 4.69) is 23.3 Å². The number of hydrogen-bond donors (Lipinski definition) is 3. The smallest absolute Gasteiger partial charge is 0.242 e. The Balaban J connectivity index is 2.55. The molecule has 1 fully saturated rings. The van der Waals surface area contributed by atoms with Gasteiger partial charge in [0.05, 0.1) is 0 Å². The Morgan fingerprint density at radius 3 is 2.32 bits per heavy atom. The van der Waals surface area contributed by atoms with E-state index < -0.39 is 11.5 Å². The first kappa shape index (κ1) is 19.3. The molecule has 22 heavy (non-hydrogen) atoms. The van der Waals surface area contributed by atoms with Crippen LogP contribution in [0.1, 0.15) is 72.1 Å². The monoisotopic (exact) mass is 328 g/mol. The highest BCUT2D eigenvalue weighted by Crippen LogP contribution is 2.19. The molecule has 0 radical (unpaired) electrons. The van der Waals surface area contributed by atoms with Crippen molar-refractivity contribution in [1.82, 2.24) is 10.6 Å². The molecule has 1 rings (SSSR count). The summed E-state index contributed by atoms with van der Waals surface area (Å²) in [4.78, 5) is 24.7. The van der Waals surface area contributed by atoms with Gasteiger partial charge in [0.2, 0.25) is 11.8 Å². The third-order valence-corrected chi connectivity index (χ3v) is 4.47. The highest BCUT2D eigenvalue weighted by molar-refractivity contribution is 7.80. The molecule has 0 unspecified atom stereocenters. The summed E-state index contributed by atoms with van der Waals surface area (Å²) in [7, 11) is 0.